The molecule has 1 saturated heterocycles. The standard InChI is InChI=1S/C8H9FN2O/c9-8-3-6(1-2-10-8)11-4-7(12)5-11/h1-3,7,12H,4-5H2. The molecule has 0 radical (unpaired) electrons. The van der Waals surface area contributed by atoms with Crippen LogP contribution in [0.15, 0.2) is 18.3 Å². The third-order valence-corrected chi connectivity index (χ3v) is 1.94. The van der Waals surface area contributed by atoms with Crippen LogP contribution in [0.4, 0.5) is 10.1 Å². The first-order chi connectivity index (χ1) is 5.75. The zero-order chi connectivity index (χ0) is 8.55. The molecule has 2 rings (SSSR count). The number of rotatable bonds is 1. The Morgan fingerprint density at radius 3 is 2.92 bits per heavy atom. The monoisotopic (exact) mass is 168 g/mol. The van der Waals surface area contributed by atoms with Gasteiger partial charge in [-0.05, 0) is 6.07 Å². The summed E-state index contributed by atoms with van der Waals surface area (Å²) >= 11 is 0. The Morgan fingerprint density at radius 2 is 2.33 bits per heavy atom. The second-order valence-corrected chi connectivity index (χ2v) is 2.90. The number of hydrogen-bond donors (Lipinski definition) is 1. The number of aliphatic hydroxyl groups excluding tert-OH is 1. The number of aromatic nitrogens is 1. The van der Waals surface area contributed by atoms with E-state index in [1.54, 1.807) is 6.07 Å². The van der Waals surface area contributed by atoms with E-state index < -0.39 is 5.95 Å². The van der Waals surface area contributed by atoms with Crippen molar-refractivity contribution in [3.63, 3.8) is 0 Å². The summed E-state index contributed by atoms with van der Waals surface area (Å²) in [6, 6.07) is 3.10. The van der Waals surface area contributed by atoms with Crippen LogP contribution >= 0.6 is 0 Å². The molecule has 1 aromatic rings. The van der Waals surface area contributed by atoms with Gasteiger partial charge in [0.25, 0.3) is 0 Å². The van der Waals surface area contributed by atoms with Crippen LogP contribution in [0, 0.1) is 5.95 Å². The molecular formula is C8H9FN2O. The van der Waals surface area contributed by atoms with Crippen LogP contribution in [0.2, 0.25) is 0 Å². The maximum absolute atomic E-state index is 12.6. The fraction of sp³-hybridized carbons (Fsp3) is 0.375. The Bertz CT molecular complexity index is 286. The van der Waals surface area contributed by atoms with Gasteiger partial charge in [-0.2, -0.15) is 4.39 Å². The molecule has 12 heavy (non-hydrogen) atoms. The number of nitrogens with zero attached hydrogens (tertiary/aromatic N) is 2. The lowest BCUT2D eigenvalue weighted by Crippen LogP contribution is -2.50. The van der Waals surface area contributed by atoms with Gasteiger partial charge in [0.05, 0.1) is 6.10 Å². The van der Waals surface area contributed by atoms with E-state index in [9.17, 15) is 4.39 Å². The maximum atomic E-state index is 12.6. The van der Waals surface area contributed by atoms with Gasteiger partial charge >= 0.3 is 0 Å². The molecule has 2 heterocycles. The molecule has 1 fully saturated rings. The number of anilines is 1. The van der Waals surface area contributed by atoms with Crippen LogP contribution in [0.25, 0.3) is 0 Å². The normalized spacial score (nSPS) is 17.7. The number of β-amino-alcohol motifs (C(OH)–C–C–N with tert-alkyl or cyclic N) is 1. The van der Waals surface area contributed by atoms with Gasteiger partial charge in [-0.1, -0.05) is 0 Å². The summed E-state index contributed by atoms with van der Waals surface area (Å²) in [5, 5.41) is 9.00. The molecule has 3 nitrogen and oxygen atoms in total. The molecule has 0 spiro atoms. The minimum atomic E-state index is -0.478. The van der Waals surface area contributed by atoms with Crippen molar-refractivity contribution in [2.24, 2.45) is 0 Å². The molecule has 0 aliphatic carbocycles. The van der Waals surface area contributed by atoms with Gasteiger partial charge in [0, 0.05) is 31.0 Å². The van der Waals surface area contributed by atoms with E-state index in [0.717, 1.165) is 5.69 Å². The van der Waals surface area contributed by atoms with E-state index in [2.05, 4.69) is 4.98 Å². The largest absolute Gasteiger partial charge is 0.389 e. The zero-order valence-corrected chi connectivity index (χ0v) is 6.44. The van der Waals surface area contributed by atoms with Crippen LogP contribution in [0.1, 0.15) is 0 Å². The molecular weight excluding hydrogens is 159 g/mol. The minimum absolute atomic E-state index is 0.263. The highest BCUT2D eigenvalue weighted by molar-refractivity contribution is 5.47. The topological polar surface area (TPSA) is 36.4 Å². The summed E-state index contributed by atoms with van der Waals surface area (Å²) in [5.74, 6) is -0.478. The van der Waals surface area contributed by atoms with Crippen molar-refractivity contribution in [3.8, 4) is 0 Å². The highest BCUT2D eigenvalue weighted by atomic mass is 19.1. The molecule has 0 bridgehead atoms. The van der Waals surface area contributed by atoms with Crippen LogP contribution < -0.4 is 4.90 Å². The Kier molecular flexibility index (Phi) is 1.69. The predicted molar refractivity (Wildman–Crippen MR) is 42.4 cm³/mol. The van der Waals surface area contributed by atoms with Crippen molar-refractivity contribution in [1.82, 2.24) is 4.98 Å². The van der Waals surface area contributed by atoms with Gasteiger partial charge in [-0.3, -0.25) is 0 Å². The first-order valence-electron chi connectivity index (χ1n) is 3.80. The smallest absolute Gasteiger partial charge is 0.214 e. The first-order valence-corrected chi connectivity index (χ1v) is 3.80. The highest BCUT2D eigenvalue weighted by Gasteiger charge is 2.24. The van der Waals surface area contributed by atoms with E-state index in [-0.39, 0.29) is 6.10 Å². The van der Waals surface area contributed by atoms with E-state index >= 15 is 0 Å². The Morgan fingerprint density at radius 1 is 1.58 bits per heavy atom. The minimum Gasteiger partial charge on any atom is -0.389 e. The summed E-state index contributed by atoms with van der Waals surface area (Å²) in [5.41, 5.74) is 0.785. The molecule has 0 aromatic carbocycles. The first kappa shape index (κ1) is 7.49. The van der Waals surface area contributed by atoms with Crippen LogP contribution in [-0.2, 0) is 0 Å². The summed E-state index contributed by atoms with van der Waals surface area (Å²) in [6.07, 6.45) is 1.16. The van der Waals surface area contributed by atoms with Gasteiger partial charge in [0.1, 0.15) is 0 Å². The second-order valence-electron chi connectivity index (χ2n) is 2.90. The lowest BCUT2D eigenvalue weighted by molar-refractivity contribution is 0.142. The number of pyridine rings is 1. The predicted octanol–water partition coefficient (Wildman–Crippen LogP) is 0.402. The molecule has 0 unspecified atom stereocenters. The van der Waals surface area contributed by atoms with Crippen LogP contribution in [0.5, 0.6) is 0 Å². The number of aliphatic hydroxyl groups is 1. The van der Waals surface area contributed by atoms with Crippen molar-refractivity contribution in [1.29, 1.82) is 0 Å². The molecule has 1 aliphatic heterocycles. The summed E-state index contributed by atoms with van der Waals surface area (Å²) in [6.45, 7) is 1.17. The number of hydrogen-bond acceptors (Lipinski definition) is 3. The zero-order valence-electron chi connectivity index (χ0n) is 6.44. The van der Waals surface area contributed by atoms with Crippen LogP contribution in [0.3, 0.4) is 0 Å². The molecule has 64 valence electrons. The fourth-order valence-electron chi connectivity index (χ4n) is 1.26. The molecule has 4 heteroatoms. The highest BCUT2D eigenvalue weighted by Crippen LogP contribution is 2.19. The second kappa shape index (κ2) is 2.71. The molecule has 0 atom stereocenters. The third-order valence-electron chi connectivity index (χ3n) is 1.94. The summed E-state index contributed by atoms with van der Waals surface area (Å²) < 4.78 is 12.6. The van der Waals surface area contributed by atoms with Gasteiger partial charge in [0.2, 0.25) is 5.95 Å². The van der Waals surface area contributed by atoms with Gasteiger partial charge in [-0.25, -0.2) is 4.98 Å². The molecule has 1 aromatic heterocycles. The van der Waals surface area contributed by atoms with Crippen molar-refractivity contribution in [2.45, 2.75) is 6.10 Å². The van der Waals surface area contributed by atoms with E-state index in [1.807, 2.05) is 4.90 Å². The average Bonchev–Trinajstić information content (AvgIpc) is 1.99. The fourth-order valence-corrected chi connectivity index (χ4v) is 1.26. The third kappa shape index (κ3) is 1.25. The SMILES string of the molecule is OC1CN(c2ccnc(F)c2)C1. The van der Waals surface area contributed by atoms with Gasteiger partial charge < -0.3 is 10.0 Å². The summed E-state index contributed by atoms with van der Waals surface area (Å²) in [4.78, 5) is 5.34. The van der Waals surface area contributed by atoms with E-state index in [1.165, 1.54) is 12.3 Å². The van der Waals surface area contributed by atoms with Crippen molar-refractivity contribution < 1.29 is 9.50 Å². The Balaban J connectivity index is 2.13. The molecule has 1 aliphatic rings. The van der Waals surface area contributed by atoms with E-state index in [0.29, 0.717) is 13.1 Å². The molecule has 0 amide bonds. The van der Waals surface area contributed by atoms with Crippen molar-refractivity contribution in [3.05, 3.63) is 24.3 Å². The van der Waals surface area contributed by atoms with Gasteiger partial charge in [0.15, 0.2) is 0 Å². The lowest BCUT2D eigenvalue weighted by Gasteiger charge is -2.37. The Hall–Kier alpha value is -1.16. The van der Waals surface area contributed by atoms with E-state index in [4.69, 9.17) is 5.11 Å². The maximum Gasteiger partial charge on any atom is 0.214 e. The number of halogens is 1. The Labute approximate surface area is 69.5 Å². The van der Waals surface area contributed by atoms with Crippen LogP contribution in [-0.4, -0.2) is 29.3 Å². The lowest BCUT2D eigenvalue weighted by atomic mass is 10.1. The van der Waals surface area contributed by atoms with Crippen molar-refractivity contribution >= 4 is 5.69 Å². The molecule has 0 saturated carbocycles. The van der Waals surface area contributed by atoms with Gasteiger partial charge in [-0.15, -0.1) is 0 Å². The van der Waals surface area contributed by atoms with Crippen molar-refractivity contribution in [2.75, 3.05) is 18.0 Å². The molecule has 1 N–H and O–H groups in total. The quantitative estimate of drug-likeness (QED) is 0.617. The average molecular weight is 168 g/mol. The summed E-state index contributed by atoms with van der Waals surface area (Å²) in [7, 11) is 0.